The summed E-state index contributed by atoms with van der Waals surface area (Å²) in [5, 5.41) is 0. The van der Waals surface area contributed by atoms with Gasteiger partial charge in [-0.1, -0.05) is 17.7 Å². The van der Waals surface area contributed by atoms with Crippen molar-refractivity contribution in [2.24, 2.45) is 0 Å². The molecule has 0 unspecified atom stereocenters. The Morgan fingerprint density at radius 2 is 1.47 bits per heavy atom. The maximum Gasteiger partial charge on any atom is 0.127 e. The van der Waals surface area contributed by atoms with Crippen LogP contribution in [0.25, 0.3) is 0 Å². The summed E-state index contributed by atoms with van der Waals surface area (Å²) in [5.74, 6) is 2.55. The molecule has 2 aromatic rings. The average Bonchev–Trinajstić information content (AvgIpc) is 2.32. The van der Waals surface area contributed by atoms with E-state index in [-0.39, 0.29) is 0 Å². The highest BCUT2D eigenvalue weighted by Gasteiger charge is 2.01. The lowest BCUT2D eigenvalue weighted by Crippen LogP contribution is -1.89. The summed E-state index contributed by atoms with van der Waals surface area (Å²) in [6.45, 7) is 4.06. The molecular formula is C15H16O2. The summed E-state index contributed by atoms with van der Waals surface area (Å²) < 4.78 is 11.0. The van der Waals surface area contributed by atoms with Crippen LogP contribution in [0.3, 0.4) is 0 Å². The minimum absolute atomic E-state index is 0.826. The fraction of sp³-hybridized carbons (Fsp3) is 0.200. The minimum atomic E-state index is 0.826. The van der Waals surface area contributed by atoms with Gasteiger partial charge in [-0.2, -0.15) is 0 Å². The van der Waals surface area contributed by atoms with E-state index in [1.54, 1.807) is 7.11 Å². The third-order valence-corrected chi connectivity index (χ3v) is 2.62. The number of methoxy groups -OCH3 is 1. The Morgan fingerprint density at radius 1 is 0.824 bits per heavy atom. The summed E-state index contributed by atoms with van der Waals surface area (Å²) in [5.41, 5.74) is 2.29. The van der Waals surface area contributed by atoms with Crippen LogP contribution >= 0.6 is 0 Å². The number of benzene rings is 2. The number of hydrogen-bond donors (Lipinski definition) is 0. The second-order valence-electron chi connectivity index (χ2n) is 4.05. The molecule has 0 spiro atoms. The van der Waals surface area contributed by atoms with Crippen molar-refractivity contribution in [1.82, 2.24) is 0 Å². The molecule has 0 fully saturated rings. The largest absolute Gasteiger partial charge is 0.496 e. The lowest BCUT2D eigenvalue weighted by atomic mass is 10.2. The average molecular weight is 228 g/mol. The van der Waals surface area contributed by atoms with Gasteiger partial charge in [0.2, 0.25) is 0 Å². The minimum Gasteiger partial charge on any atom is -0.496 e. The fourth-order valence-electron chi connectivity index (χ4n) is 1.66. The quantitative estimate of drug-likeness (QED) is 0.787. The van der Waals surface area contributed by atoms with Gasteiger partial charge in [-0.25, -0.2) is 0 Å². The first-order valence-electron chi connectivity index (χ1n) is 5.58. The van der Waals surface area contributed by atoms with E-state index in [1.807, 2.05) is 49.4 Å². The Labute approximate surface area is 102 Å². The monoisotopic (exact) mass is 228 g/mol. The lowest BCUT2D eigenvalue weighted by Gasteiger charge is -2.09. The van der Waals surface area contributed by atoms with Gasteiger partial charge in [0.25, 0.3) is 0 Å². The molecule has 2 heteroatoms. The Morgan fingerprint density at radius 3 is 2.06 bits per heavy atom. The van der Waals surface area contributed by atoms with E-state index in [1.165, 1.54) is 5.56 Å². The smallest absolute Gasteiger partial charge is 0.127 e. The third-order valence-electron chi connectivity index (χ3n) is 2.62. The number of hydrogen-bond acceptors (Lipinski definition) is 2. The predicted molar refractivity (Wildman–Crippen MR) is 69.0 cm³/mol. The van der Waals surface area contributed by atoms with Gasteiger partial charge >= 0.3 is 0 Å². The van der Waals surface area contributed by atoms with Crippen molar-refractivity contribution in [3.8, 4) is 17.2 Å². The third kappa shape index (κ3) is 2.78. The lowest BCUT2D eigenvalue weighted by molar-refractivity contribution is 0.409. The highest BCUT2D eigenvalue weighted by atomic mass is 16.5. The molecule has 0 aromatic heterocycles. The summed E-state index contributed by atoms with van der Waals surface area (Å²) in [6.07, 6.45) is 0. The number of aryl methyl sites for hydroxylation is 2. The van der Waals surface area contributed by atoms with Gasteiger partial charge in [0, 0.05) is 0 Å². The van der Waals surface area contributed by atoms with Crippen LogP contribution in [-0.4, -0.2) is 7.11 Å². The molecule has 2 nitrogen and oxygen atoms in total. The standard InChI is InChI=1S/C15H16O2/c1-11-4-6-13(7-5-11)17-14-8-9-15(16-3)12(2)10-14/h4-10H,1-3H3. The Kier molecular flexibility index (Phi) is 3.33. The summed E-state index contributed by atoms with van der Waals surface area (Å²) in [6, 6.07) is 13.8. The zero-order valence-corrected chi connectivity index (χ0v) is 10.4. The van der Waals surface area contributed by atoms with Gasteiger partial charge in [-0.3, -0.25) is 0 Å². The zero-order valence-electron chi connectivity index (χ0n) is 10.4. The van der Waals surface area contributed by atoms with Gasteiger partial charge in [-0.15, -0.1) is 0 Å². The van der Waals surface area contributed by atoms with Crippen molar-refractivity contribution in [2.75, 3.05) is 7.11 Å². The molecule has 0 saturated heterocycles. The molecule has 0 amide bonds. The summed E-state index contributed by atoms with van der Waals surface area (Å²) in [7, 11) is 1.67. The second-order valence-corrected chi connectivity index (χ2v) is 4.05. The van der Waals surface area contributed by atoms with Crippen LogP contribution in [-0.2, 0) is 0 Å². The molecule has 0 aliphatic rings. The molecule has 17 heavy (non-hydrogen) atoms. The molecule has 88 valence electrons. The number of rotatable bonds is 3. The Balaban J connectivity index is 2.19. The van der Waals surface area contributed by atoms with Crippen molar-refractivity contribution in [3.05, 3.63) is 53.6 Å². The molecule has 0 atom stereocenters. The molecule has 0 radical (unpaired) electrons. The molecule has 0 saturated carbocycles. The Bertz CT molecular complexity index is 501. The SMILES string of the molecule is COc1ccc(Oc2ccc(C)cc2)cc1C. The van der Waals surface area contributed by atoms with Gasteiger partial charge < -0.3 is 9.47 Å². The molecule has 2 aromatic carbocycles. The first-order chi connectivity index (χ1) is 8.19. The van der Waals surface area contributed by atoms with E-state index in [9.17, 15) is 0 Å². The van der Waals surface area contributed by atoms with Gasteiger partial charge in [-0.05, 0) is 49.7 Å². The molecule has 0 aliphatic heterocycles. The first-order valence-corrected chi connectivity index (χ1v) is 5.58. The van der Waals surface area contributed by atoms with Crippen LogP contribution in [0.2, 0.25) is 0 Å². The molecule has 2 rings (SSSR count). The molecule has 0 bridgehead atoms. The number of ether oxygens (including phenoxy) is 2. The first kappa shape index (κ1) is 11.5. The van der Waals surface area contributed by atoms with Crippen LogP contribution in [0.1, 0.15) is 11.1 Å². The highest BCUT2D eigenvalue weighted by Crippen LogP contribution is 2.27. The molecule has 0 N–H and O–H groups in total. The van der Waals surface area contributed by atoms with E-state index in [0.29, 0.717) is 0 Å². The maximum absolute atomic E-state index is 5.76. The van der Waals surface area contributed by atoms with E-state index in [4.69, 9.17) is 9.47 Å². The molecule has 0 aliphatic carbocycles. The molecular weight excluding hydrogens is 212 g/mol. The van der Waals surface area contributed by atoms with Crippen molar-refractivity contribution >= 4 is 0 Å². The van der Waals surface area contributed by atoms with Crippen LogP contribution in [0, 0.1) is 13.8 Å². The van der Waals surface area contributed by atoms with E-state index in [0.717, 1.165) is 22.8 Å². The summed E-state index contributed by atoms with van der Waals surface area (Å²) in [4.78, 5) is 0. The maximum atomic E-state index is 5.76. The fourth-order valence-corrected chi connectivity index (χ4v) is 1.66. The van der Waals surface area contributed by atoms with Gasteiger partial charge in [0.1, 0.15) is 17.2 Å². The van der Waals surface area contributed by atoms with Crippen LogP contribution in [0.4, 0.5) is 0 Å². The van der Waals surface area contributed by atoms with Gasteiger partial charge in [0.05, 0.1) is 7.11 Å². The Hall–Kier alpha value is -1.96. The normalized spacial score (nSPS) is 10.1. The highest BCUT2D eigenvalue weighted by molar-refractivity contribution is 5.41. The van der Waals surface area contributed by atoms with Crippen LogP contribution < -0.4 is 9.47 Å². The van der Waals surface area contributed by atoms with Crippen LogP contribution in [0.15, 0.2) is 42.5 Å². The van der Waals surface area contributed by atoms with Crippen LogP contribution in [0.5, 0.6) is 17.2 Å². The zero-order chi connectivity index (χ0) is 12.3. The van der Waals surface area contributed by atoms with Crippen molar-refractivity contribution in [1.29, 1.82) is 0 Å². The van der Waals surface area contributed by atoms with E-state index < -0.39 is 0 Å². The van der Waals surface area contributed by atoms with E-state index >= 15 is 0 Å². The predicted octanol–water partition coefficient (Wildman–Crippen LogP) is 4.10. The van der Waals surface area contributed by atoms with Crippen molar-refractivity contribution in [2.45, 2.75) is 13.8 Å². The molecule has 0 heterocycles. The van der Waals surface area contributed by atoms with Gasteiger partial charge in [0.15, 0.2) is 0 Å². The topological polar surface area (TPSA) is 18.5 Å². The van der Waals surface area contributed by atoms with E-state index in [2.05, 4.69) is 6.92 Å². The summed E-state index contributed by atoms with van der Waals surface area (Å²) >= 11 is 0. The van der Waals surface area contributed by atoms with Crippen molar-refractivity contribution < 1.29 is 9.47 Å². The van der Waals surface area contributed by atoms with Crippen molar-refractivity contribution in [3.63, 3.8) is 0 Å². The second kappa shape index (κ2) is 4.91.